The lowest BCUT2D eigenvalue weighted by Gasteiger charge is -2.54. The summed E-state index contributed by atoms with van der Waals surface area (Å²) in [6.45, 7) is 2.12. The maximum atomic E-state index is 6.03. The molecule has 4 saturated carbocycles. The van der Waals surface area contributed by atoms with Crippen molar-refractivity contribution in [1.82, 2.24) is 9.78 Å². The Kier molecular flexibility index (Phi) is 2.87. The lowest BCUT2D eigenvalue weighted by atomic mass is 9.51. The largest absolute Gasteiger partial charge is 0.384 e. The predicted octanol–water partition coefficient (Wildman–Crippen LogP) is 3.32. The molecule has 0 saturated heterocycles. The minimum absolute atomic E-state index is 0.838. The molecular formula is C17H27N3. The normalized spacial score (nSPS) is 38.6. The number of hydrogen-bond acceptors (Lipinski definition) is 2. The van der Waals surface area contributed by atoms with E-state index in [0.29, 0.717) is 0 Å². The zero-order chi connectivity index (χ0) is 13.9. The van der Waals surface area contributed by atoms with Crippen LogP contribution in [0.1, 0.15) is 49.8 Å². The average Bonchev–Trinajstić information content (AvgIpc) is 2.65. The maximum absolute atomic E-state index is 6.03. The molecule has 0 radical (unpaired) electrons. The first-order valence-corrected chi connectivity index (χ1v) is 8.39. The number of aryl methyl sites for hydroxylation is 2. The minimum Gasteiger partial charge on any atom is -0.384 e. The van der Waals surface area contributed by atoms with Crippen molar-refractivity contribution in [2.24, 2.45) is 36.6 Å². The van der Waals surface area contributed by atoms with Crippen LogP contribution in [0.15, 0.2) is 0 Å². The van der Waals surface area contributed by atoms with E-state index >= 15 is 0 Å². The molecule has 0 atom stereocenters. The van der Waals surface area contributed by atoms with Gasteiger partial charge in [0.05, 0.1) is 5.69 Å². The van der Waals surface area contributed by atoms with E-state index in [4.69, 9.17) is 5.73 Å². The molecule has 4 bridgehead atoms. The van der Waals surface area contributed by atoms with Gasteiger partial charge >= 0.3 is 0 Å². The molecule has 4 aliphatic rings. The van der Waals surface area contributed by atoms with Gasteiger partial charge in [-0.25, -0.2) is 0 Å². The number of hydrogen-bond donors (Lipinski definition) is 1. The van der Waals surface area contributed by atoms with Gasteiger partial charge in [0.2, 0.25) is 0 Å². The second-order valence-corrected chi connectivity index (χ2v) is 7.71. The third kappa shape index (κ3) is 1.89. The van der Waals surface area contributed by atoms with Crippen molar-refractivity contribution >= 4 is 5.82 Å². The highest BCUT2D eigenvalue weighted by Gasteiger charge is 2.47. The number of aromatic nitrogens is 2. The first-order valence-electron chi connectivity index (χ1n) is 8.39. The minimum atomic E-state index is 0.838. The molecule has 110 valence electrons. The molecule has 1 aromatic rings. The van der Waals surface area contributed by atoms with E-state index in [2.05, 4.69) is 12.0 Å². The van der Waals surface area contributed by atoms with Gasteiger partial charge in [0, 0.05) is 12.6 Å². The van der Waals surface area contributed by atoms with Crippen LogP contribution in [0.4, 0.5) is 5.82 Å². The number of nitrogens with zero attached hydrogens (tertiary/aromatic N) is 2. The van der Waals surface area contributed by atoms with Crippen molar-refractivity contribution in [2.75, 3.05) is 5.73 Å². The fourth-order valence-corrected chi connectivity index (χ4v) is 5.75. The van der Waals surface area contributed by atoms with Crippen molar-refractivity contribution in [3.63, 3.8) is 0 Å². The van der Waals surface area contributed by atoms with E-state index in [-0.39, 0.29) is 0 Å². The molecule has 4 aliphatic carbocycles. The van der Waals surface area contributed by atoms with E-state index in [1.54, 1.807) is 6.42 Å². The number of nitrogen functional groups attached to an aromatic ring is 1. The van der Waals surface area contributed by atoms with E-state index in [1.165, 1.54) is 43.4 Å². The quantitative estimate of drug-likeness (QED) is 0.918. The summed E-state index contributed by atoms with van der Waals surface area (Å²) in [6.07, 6.45) is 10.1. The van der Waals surface area contributed by atoms with Gasteiger partial charge in [-0.15, -0.1) is 0 Å². The molecule has 1 aromatic heterocycles. The highest BCUT2D eigenvalue weighted by Crippen LogP contribution is 2.57. The summed E-state index contributed by atoms with van der Waals surface area (Å²) in [7, 11) is 1.95. The molecule has 3 heteroatoms. The average molecular weight is 273 g/mol. The van der Waals surface area contributed by atoms with Crippen LogP contribution in [0.2, 0.25) is 0 Å². The Bertz CT molecular complexity index is 489. The summed E-state index contributed by atoms with van der Waals surface area (Å²) in [6, 6.07) is 0. The van der Waals surface area contributed by atoms with Gasteiger partial charge in [0.25, 0.3) is 0 Å². The Hall–Kier alpha value is -0.990. The number of rotatable bonds is 3. The summed E-state index contributed by atoms with van der Waals surface area (Å²) in [5, 5.41) is 4.60. The van der Waals surface area contributed by atoms with Crippen LogP contribution >= 0.6 is 0 Å². The van der Waals surface area contributed by atoms with Crippen LogP contribution in [0, 0.1) is 36.5 Å². The first-order chi connectivity index (χ1) is 9.61. The maximum Gasteiger partial charge on any atom is 0.124 e. The Labute approximate surface area is 121 Å². The molecule has 3 nitrogen and oxygen atoms in total. The molecule has 1 heterocycles. The van der Waals surface area contributed by atoms with Crippen LogP contribution in [-0.2, 0) is 13.5 Å². The van der Waals surface area contributed by atoms with Crippen LogP contribution in [-0.4, -0.2) is 9.78 Å². The molecule has 0 aliphatic heterocycles. The summed E-state index contributed by atoms with van der Waals surface area (Å²) in [5.41, 5.74) is 8.47. The van der Waals surface area contributed by atoms with E-state index in [0.717, 1.165) is 41.8 Å². The molecule has 0 aromatic carbocycles. The molecule has 0 amide bonds. The SMILES string of the molecule is Cc1c(CCC2C3CC4CC(C3)CC2C4)nn(C)c1N. The topological polar surface area (TPSA) is 43.8 Å². The Morgan fingerprint density at radius 1 is 1.10 bits per heavy atom. The zero-order valence-electron chi connectivity index (χ0n) is 12.8. The number of anilines is 1. The van der Waals surface area contributed by atoms with Gasteiger partial charge < -0.3 is 5.73 Å². The first kappa shape index (κ1) is 12.7. The van der Waals surface area contributed by atoms with Crippen molar-refractivity contribution in [2.45, 2.75) is 51.9 Å². The van der Waals surface area contributed by atoms with Crippen molar-refractivity contribution < 1.29 is 0 Å². The summed E-state index contributed by atoms with van der Waals surface area (Å²) in [5.74, 6) is 6.05. The second-order valence-electron chi connectivity index (χ2n) is 7.71. The Morgan fingerprint density at radius 3 is 2.20 bits per heavy atom. The third-order valence-corrected chi connectivity index (χ3v) is 6.57. The molecule has 5 rings (SSSR count). The van der Waals surface area contributed by atoms with E-state index in [9.17, 15) is 0 Å². The molecule has 0 unspecified atom stereocenters. The van der Waals surface area contributed by atoms with Crippen LogP contribution in [0.25, 0.3) is 0 Å². The lowest BCUT2D eigenvalue weighted by Crippen LogP contribution is -2.45. The number of nitrogens with two attached hydrogens (primary N) is 1. The van der Waals surface area contributed by atoms with Gasteiger partial charge in [-0.1, -0.05) is 0 Å². The van der Waals surface area contributed by atoms with E-state index < -0.39 is 0 Å². The monoisotopic (exact) mass is 273 g/mol. The second kappa shape index (κ2) is 4.51. The van der Waals surface area contributed by atoms with Gasteiger partial charge in [-0.2, -0.15) is 5.10 Å². The standard InChI is InChI=1S/C17H27N3/c1-10-16(19-20(2)17(10)18)4-3-15-13-6-11-5-12(8-13)9-14(15)7-11/h11-15H,3-9,18H2,1-2H3. The Morgan fingerprint density at radius 2 is 1.70 bits per heavy atom. The summed E-state index contributed by atoms with van der Waals surface area (Å²) in [4.78, 5) is 0. The fourth-order valence-electron chi connectivity index (χ4n) is 5.75. The smallest absolute Gasteiger partial charge is 0.124 e. The van der Waals surface area contributed by atoms with Gasteiger partial charge in [-0.05, 0) is 81.5 Å². The zero-order valence-corrected chi connectivity index (χ0v) is 12.8. The molecule has 2 N–H and O–H groups in total. The highest BCUT2D eigenvalue weighted by atomic mass is 15.3. The van der Waals surface area contributed by atoms with Crippen molar-refractivity contribution in [1.29, 1.82) is 0 Å². The molecular weight excluding hydrogens is 246 g/mol. The van der Waals surface area contributed by atoms with Crippen LogP contribution < -0.4 is 5.73 Å². The highest BCUT2D eigenvalue weighted by molar-refractivity contribution is 5.42. The lowest BCUT2D eigenvalue weighted by molar-refractivity contribution is -0.0395. The van der Waals surface area contributed by atoms with Crippen molar-refractivity contribution in [3.05, 3.63) is 11.3 Å². The summed E-state index contributed by atoms with van der Waals surface area (Å²) >= 11 is 0. The van der Waals surface area contributed by atoms with Gasteiger partial charge in [0.1, 0.15) is 5.82 Å². The predicted molar refractivity (Wildman–Crippen MR) is 81.2 cm³/mol. The van der Waals surface area contributed by atoms with Crippen LogP contribution in [0.5, 0.6) is 0 Å². The van der Waals surface area contributed by atoms with Gasteiger partial charge in [-0.3, -0.25) is 4.68 Å². The fraction of sp³-hybridized carbons (Fsp3) is 0.824. The molecule has 0 spiro atoms. The van der Waals surface area contributed by atoms with E-state index in [1.807, 2.05) is 11.7 Å². The molecule has 4 fully saturated rings. The Balaban J connectivity index is 1.46. The van der Waals surface area contributed by atoms with Crippen molar-refractivity contribution in [3.8, 4) is 0 Å². The molecule has 20 heavy (non-hydrogen) atoms. The van der Waals surface area contributed by atoms with Gasteiger partial charge in [0.15, 0.2) is 0 Å². The third-order valence-electron chi connectivity index (χ3n) is 6.57. The van der Waals surface area contributed by atoms with Crippen LogP contribution in [0.3, 0.4) is 0 Å². The summed E-state index contributed by atoms with van der Waals surface area (Å²) < 4.78 is 1.83.